The quantitative estimate of drug-likeness (QED) is 0.294. The van der Waals surface area contributed by atoms with Gasteiger partial charge in [0.2, 0.25) is 5.75 Å². The van der Waals surface area contributed by atoms with Crippen LogP contribution in [0.4, 0.5) is 11.4 Å². The van der Waals surface area contributed by atoms with E-state index in [-0.39, 0.29) is 17.5 Å². The second kappa shape index (κ2) is 9.08. The van der Waals surface area contributed by atoms with Crippen molar-refractivity contribution in [1.29, 1.82) is 0 Å². The van der Waals surface area contributed by atoms with Gasteiger partial charge < -0.3 is 9.84 Å². The molecular weight excluding hydrogens is 402 g/mol. The van der Waals surface area contributed by atoms with Gasteiger partial charge in [-0.15, -0.1) is 5.43 Å². The molecule has 162 valence electrons. The molecule has 0 saturated carbocycles. The molecule has 1 unspecified atom stereocenters. The van der Waals surface area contributed by atoms with Crippen molar-refractivity contribution in [3.05, 3.63) is 101 Å². The molecule has 2 N–H and O–H groups in total. The number of hydrogen-bond acceptors (Lipinski definition) is 4. The van der Waals surface area contributed by atoms with E-state index < -0.39 is 0 Å². The van der Waals surface area contributed by atoms with Crippen LogP contribution in [0.25, 0.3) is 10.8 Å². The number of nitrogens with one attached hydrogen (secondary N) is 1. The van der Waals surface area contributed by atoms with Crippen LogP contribution >= 0.6 is 0 Å². The Balaban J connectivity index is 1.89. The Bertz CT molecular complexity index is 1260. The summed E-state index contributed by atoms with van der Waals surface area (Å²) in [5.41, 5.74) is 5.13. The monoisotopic (exact) mass is 428 g/mol. The minimum atomic E-state index is -0.249. The van der Waals surface area contributed by atoms with Gasteiger partial charge >= 0.3 is 5.69 Å². The highest BCUT2D eigenvalue weighted by atomic mass is 16.5. The van der Waals surface area contributed by atoms with Gasteiger partial charge in [-0.05, 0) is 42.6 Å². The van der Waals surface area contributed by atoms with Crippen LogP contribution in [0.1, 0.15) is 17.2 Å². The largest absolute Gasteiger partial charge is 0.502 e. The van der Waals surface area contributed by atoms with Gasteiger partial charge in [0.1, 0.15) is 11.4 Å². The zero-order valence-corrected chi connectivity index (χ0v) is 18.3. The van der Waals surface area contributed by atoms with E-state index >= 15 is 0 Å². The number of hydrogen-bond donors (Lipinski definition) is 2. The lowest BCUT2D eigenvalue weighted by molar-refractivity contribution is -0.428. The number of nitroso groups, excluding NO2 is 1. The van der Waals surface area contributed by atoms with Crippen molar-refractivity contribution in [2.24, 2.45) is 0 Å². The van der Waals surface area contributed by atoms with E-state index in [2.05, 4.69) is 5.43 Å². The molecule has 0 aliphatic rings. The first-order chi connectivity index (χ1) is 15.5. The molecule has 32 heavy (non-hydrogen) atoms. The molecule has 0 fully saturated rings. The molecule has 4 aromatic rings. The number of para-hydroxylation sites is 2. The Morgan fingerprint density at radius 3 is 2.31 bits per heavy atom. The summed E-state index contributed by atoms with van der Waals surface area (Å²) in [6, 6.07) is 26.3. The maximum absolute atomic E-state index is 13.2. The summed E-state index contributed by atoms with van der Waals surface area (Å²) in [5, 5.41) is 13.2. The topological polar surface area (TPSA) is 64.8 Å². The van der Waals surface area contributed by atoms with Gasteiger partial charge in [-0.2, -0.15) is 0 Å². The molecule has 0 saturated heterocycles. The molecule has 0 bridgehead atoms. The van der Waals surface area contributed by atoms with E-state index in [0.29, 0.717) is 21.9 Å². The zero-order chi connectivity index (χ0) is 22.7. The number of phenolic OH excluding ortho intramolecular Hbond substituents is 1. The lowest BCUT2D eigenvalue weighted by Crippen LogP contribution is -2.22. The SMILES string of the molecule is COc1ccccc1N[N+](=O)c1cc2ccccc2c(C(c2ccccc2)N(C)C)c1O. The van der Waals surface area contributed by atoms with Crippen LogP contribution in [0.2, 0.25) is 0 Å². The number of aromatic hydroxyl groups is 1. The molecule has 0 aromatic heterocycles. The summed E-state index contributed by atoms with van der Waals surface area (Å²) in [6.45, 7) is 0. The lowest BCUT2D eigenvalue weighted by Gasteiger charge is -2.27. The zero-order valence-electron chi connectivity index (χ0n) is 18.3. The van der Waals surface area contributed by atoms with Gasteiger partial charge in [-0.25, -0.2) is 0 Å². The van der Waals surface area contributed by atoms with Crippen LogP contribution in [-0.2, 0) is 0 Å². The van der Waals surface area contributed by atoms with Crippen LogP contribution in [0.15, 0.2) is 84.9 Å². The molecule has 0 aliphatic heterocycles. The van der Waals surface area contributed by atoms with Crippen LogP contribution in [0.3, 0.4) is 0 Å². The Morgan fingerprint density at radius 1 is 0.938 bits per heavy atom. The highest BCUT2D eigenvalue weighted by Crippen LogP contribution is 2.43. The molecular formula is C26H26N3O3+. The van der Waals surface area contributed by atoms with Gasteiger partial charge in [0.25, 0.3) is 0 Å². The first kappa shape index (κ1) is 21.3. The third-order valence-electron chi connectivity index (χ3n) is 5.49. The predicted octanol–water partition coefficient (Wildman–Crippen LogP) is 5.64. The van der Waals surface area contributed by atoms with Gasteiger partial charge in [0.05, 0.1) is 18.1 Å². The van der Waals surface area contributed by atoms with E-state index in [9.17, 15) is 10.0 Å². The van der Waals surface area contributed by atoms with Crippen molar-refractivity contribution in [2.45, 2.75) is 6.04 Å². The molecule has 0 aliphatic carbocycles. The fraction of sp³-hybridized carbons (Fsp3) is 0.154. The van der Waals surface area contributed by atoms with Crippen LogP contribution in [0, 0.1) is 4.91 Å². The maximum atomic E-state index is 13.2. The van der Waals surface area contributed by atoms with Crippen molar-refractivity contribution in [3.8, 4) is 11.5 Å². The van der Waals surface area contributed by atoms with Gasteiger partial charge in [-0.3, -0.25) is 4.90 Å². The van der Waals surface area contributed by atoms with Crippen molar-refractivity contribution in [2.75, 3.05) is 26.6 Å². The van der Waals surface area contributed by atoms with E-state index in [1.807, 2.05) is 85.7 Å². The summed E-state index contributed by atoms with van der Waals surface area (Å²) >= 11 is 0. The normalized spacial score (nSPS) is 12.0. The second-order valence-electron chi connectivity index (χ2n) is 7.76. The number of rotatable bonds is 7. The molecule has 0 spiro atoms. The number of fused-ring (bicyclic) bond motifs is 1. The Kier molecular flexibility index (Phi) is 6.05. The van der Waals surface area contributed by atoms with E-state index in [1.165, 1.54) is 0 Å². The Hall–Kier alpha value is -3.90. The van der Waals surface area contributed by atoms with Gasteiger partial charge in [0, 0.05) is 11.6 Å². The van der Waals surface area contributed by atoms with Crippen LogP contribution in [-0.4, -0.2) is 36.1 Å². The standard InChI is InChI=1S/C26H25N3O3/c1-28(2)25(18-11-5-4-6-12-18)24-20-14-8-7-13-19(20)17-22(26(24)30)29(31)27-21-15-9-10-16-23(21)32-3/h4-17,25H,1-3H3,(H-,27,30,31)/p+1. The third kappa shape index (κ3) is 4.00. The number of phenols is 1. The number of nitrogens with zero attached hydrogens (tertiary/aromatic N) is 2. The minimum absolute atomic E-state index is 0.0661. The number of hydrazine groups is 1. The summed E-state index contributed by atoms with van der Waals surface area (Å²) in [6.07, 6.45) is 0. The number of methoxy groups -OCH3 is 1. The number of anilines is 1. The smallest absolute Gasteiger partial charge is 0.334 e. The number of ether oxygens (including phenoxy) is 1. The van der Waals surface area contributed by atoms with Crippen molar-refractivity contribution in [1.82, 2.24) is 4.90 Å². The molecule has 6 heteroatoms. The molecule has 0 heterocycles. The fourth-order valence-corrected chi connectivity index (χ4v) is 4.05. The van der Waals surface area contributed by atoms with Crippen LogP contribution in [0.5, 0.6) is 11.5 Å². The van der Waals surface area contributed by atoms with E-state index in [1.54, 1.807) is 25.3 Å². The molecule has 4 aromatic carbocycles. The number of benzene rings is 4. The predicted molar refractivity (Wildman–Crippen MR) is 127 cm³/mol. The summed E-state index contributed by atoms with van der Waals surface area (Å²) < 4.78 is 5.34. The summed E-state index contributed by atoms with van der Waals surface area (Å²) in [5.74, 6) is 0.466. The summed E-state index contributed by atoms with van der Waals surface area (Å²) in [4.78, 5) is 15.8. The van der Waals surface area contributed by atoms with E-state index in [4.69, 9.17) is 4.74 Å². The summed E-state index contributed by atoms with van der Waals surface area (Å²) in [7, 11) is 5.46. The van der Waals surface area contributed by atoms with Gasteiger partial charge in [0.15, 0.2) is 4.87 Å². The average Bonchev–Trinajstić information content (AvgIpc) is 2.81. The van der Waals surface area contributed by atoms with Crippen molar-refractivity contribution >= 4 is 22.1 Å². The Morgan fingerprint density at radius 2 is 1.59 bits per heavy atom. The molecule has 6 nitrogen and oxygen atoms in total. The molecule has 0 amide bonds. The third-order valence-corrected chi connectivity index (χ3v) is 5.49. The van der Waals surface area contributed by atoms with Crippen LogP contribution < -0.4 is 10.2 Å². The highest BCUT2D eigenvalue weighted by molar-refractivity contribution is 5.92. The van der Waals surface area contributed by atoms with E-state index in [0.717, 1.165) is 16.3 Å². The molecule has 4 rings (SSSR count). The first-order valence-electron chi connectivity index (χ1n) is 10.3. The minimum Gasteiger partial charge on any atom is -0.502 e. The first-order valence-corrected chi connectivity index (χ1v) is 10.3. The highest BCUT2D eigenvalue weighted by Gasteiger charge is 2.31. The molecule has 1 atom stereocenters. The second-order valence-corrected chi connectivity index (χ2v) is 7.76. The molecule has 0 radical (unpaired) electrons. The average molecular weight is 429 g/mol. The Labute approximate surface area is 187 Å². The van der Waals surface area contributed by atoms with Crippen molar-refractivity contribution in [3.63, 3.8) is 0 Å². The van der Waals surface area contributed by atoms with Gasteiger partial charge in [-0.1, -0.05) is 66.7 Å². The maximum Gasteiger partial charge on any atom is 0.334 e. The lowest BCUT2D eigenvalue weighted by atomic mass is 9.91. The van der Waals surface area contributed by atoms with Crippen molar-refractivity contribution < 1.29 is 14.7 Å². The fourth-order valence-electron chi connectivity index (χ4n) is 4.05.